The summed E-state index contributed by atoms with van der Waals surface area (Å²) in [4.78, 5) is 11.0. The van der Waals surface area contributed by atoms with E-state index in [4.69, 9.17) is 9.47 Å². The van der Waals surface area contributed by atoms with Crippen LogP contribution in [-0.4, -0.2) is 18.9 Å². The third-order valence-electron chi connectivity index (χ3n) is 1.76. The van der Waals surface area contributed by atoms with Crippen LogP contribution in [0.5, 0.6) is 0 Å². The van der Waals surface area contributed by atoms with Crippen molar-refractivity contribution < 1.29 is 14.3 Å². The maximum absolute atomic E-state index is 11.0. The van der Waals surface area contributed by atoms with E-state index in [1.807, 2.05) is 34.6 Å². The summed E-state index contributed by atoms with van der Waals surface area (Å²) in [6.45, 7) is 10.3. The van der Waals surface area contributed by atoms with Crippen LogP contribution in [-0.2, 0) is 9.47 Å². The second kappa shape index (κ2) is 5.84. The van der Waals surface area contributed by atoms with E-state index < -0.39 is 6.16 Å². The van der Waals surface area contributed by atoms with Crippen LogP contribution in [0.1, 0.15) is 34.6 Å². The Hall–Kier alpha value is -0.730. The van der Waals surface area contributed by atoms with Crippen molar-refractivity contribution in [3.63, 3.8) is 0 Å². The van der Waals surface area contributed by atoms with E-state index in [-0.39, 0.29) is 6.10 Å². The zero-order valence-electron chi connectivity index (χ0n) is 9.16. The van der Waals surface area contributed by atoms with Crippen molar-refractivity contribution in [1.82, 2.24) is 0 Å². The number of carbonyl (C=O) groups is 1. The van der Waals surface area contributed by atoms with Gasteiger partial charge in [-0.05, 0) is 18.8 Å². The van der Waals surface area contributed by atoms with Crippen LogP contribution in [0.25, 0.3) is 0 Å². The molecule has 3 heteroatoms. The fourth-order valence-electron chi connectivity index (χ4n) is 0.557. The summed E-state index contributed by atoms with van der Waals surface area (Å²) in [7, 11) is 0. The molecule has 78 valence electrons. The van der Waals surface area contributed by atoms with Gasteiger partial charge in [0.15, 0.2) is 0 Å². The molecule has 0 aromatic carbocycles. The molecule has 0 N–H and O–H groups in total. The van der Waals surface area contributed by atoms with Gasteiger partial charge in [0.2, 0.25) is 0 Å². The van der Waals surface area contributed by atoms with Crippen molar-refractivity contribution in [3.8, 4) is 0 Å². The Morgan fingerprint density at radius 3 is 2.08 bits per heavy atom. The molecule has 0 radical (unpaired) electrons. The summed E-state index contributed by atoms with van der Waals surface area (Å²) in [5.41, 5.74) is 0. The van der Waals surface area contributed by atoms with E-state index in [1.165, 1.54) is 0 Å². The molecule has 1 atom stereocenters. The molecule has 0 saturated heterocycles. The van der Waals surface area contributed by atoms with E-state index in [1.54, 1.807) is 0 Å². The maximum Gasteiger partial charge on any atom is 0.508 e. The Balaban J connectivity index is 3.62. The summed E-state index contributed by atoms with van der Waals surface area (Å²) >= 11 is 0. The second-order valence-corrected chi connectivity index (χ2v) is 4.02. The highest BCUT2D eigenvalue weighted by atomic mass is 16.7. The molecule has 0 aromatic heterocycles. The molecule has 13 heavy (non-hydrogen) atoms. The van der Waals surface area contributed by atoms with Crippen LogP contribution in [0.15, 0.2) is 0 Å². The summed E-state index contributed by atoms with van der Waals surface area (Å²) in [5, 5.41) is 0. The third kappa shape index (κ3) is 6.43. The Morgan fingerprint density at radius 1 is 1.15 bits per heavy atom. The average molecular weight is 188 g/mol. The van der Waals surface area contributed by atoms with Crippen molar-refractivity contribution in [2.24, 2.45) is 11.8 Å². The van der Waals surface area contributed by atoms with Crippen LogP contribution < -0.4 is 0 Å². The van der Waals surface area contributed by atoms with Crippen molar-refractivity contribution >= 4 is 6.16 Å². The molecule has 0 aromatic rings. The molecule has 0 aliphatic heterocycles. The molecule has 1 unspecified atom stereocenters. The highest BCUT2D eigenvalue weighted by Crippen LogP contribution is 2.06. The Labute approximate surface area is 80.4 Å². The first kappa shape index (κ1) is 12.3. The van der Waals surface area contributed by atoms with Gasteiger partial charge in [0.05, 0.1) is 6.61 Å². The summed E-state index contributed by atoms with van der Waals surface area (Å²) in [6, 6.07) is 0. The third-order valence-corrected chi connectivity index (χ3v) is 1.76. The van der Waals surface area contributed by atoms with Gasteiger partial charge in [-0.3, -0.25) is 0 Å². The molecule has 0 fully saturated rings. The monoisotopic (exact) mass is 188 g/mol. The van der Waals surface area contributed by atoms with E-state index in [9.17, 15) is 4.79 Å². The standard InChI is InChI=1S/C10H20O3/c1-7(2)6-12-10(11)13-9(5)8(3)4/h7-9H,6H2,1-5H3. The zero-order chi connectivity index (χ0) is 10.4. The Kier molecular flexibility index (Phi) is 5.51. The van der Waals surface area contributed by atoms with Crippen molar-refractivity contribution in [1.29, 1.82) is 0 Å². The molecule has 0 saturated carbocycles. The molecular weight excluding hydrogens is 168 g/mol. The lowest BCUT2D eigenvalue weighted by molar-refractivity contribution is 0.00955. The zero-order valence-corrected chi connectivity index (χ0v) is 9.16. The van der Waals surface area contributed by atoms with Gasteiger partial charge >= 0.3 is 6.16 Å². The first-order chi connectivity index (χ1) is 5.93. The predicted molar refractivity (Wildman–Crippen MR) is 51.6 cm³/mol. The van der Waals surface area contributed by atoms with Crippen molar-refractivity contribution in [3.05, 3.63) is 0 Å². The largest absolute Gasteiger partial charge is 0.508 e. The SMILES string of the molecule is CC(C)COC(=O)OC(C)C(C)C. The topological polar surface area (TPSA) is 35.5 Å². The molecule has 0 rings (SSSR count). The highest BCUT2D eigenvalue weighted by molar-refractivity contribution is 5.60. The molecule has 0 bridgehead atoms. The molecule has 0 amide bonds. The first-order valence-corrected chi connectivity index (χ1v) is 4.77. The smallest absolute Gasteiger partial charge is 0.434 e. The first-order valence-electron chi connectivity index (χ1n) is 4.77. The molecule has 0 heterocycles. The Morgan fingerprint density at radius 2 is 1.69 bits per heavy atom. The van der Waals surface area contributed by atoms with Gasteiger partial charge in [0.25, 0.3) is 0 Å². The fraction of sp³-hybridized carbons (Fsp3) is 0.900. The number of hydrogen-bond donors (Lipinski definition) is 0. The van der Waals surface area contributed by atoms with Gasteiger partial charge in [-0.2, -0.15) is 0 Å². The van der Waals surface area contributed by atoms with Crippen molar-refractivity contribution in [2.45, 2.75) is 40.7 Å². The minimum atomic E-state index is -0.560. The van der Waals surface area contributed by atoms with Gasteiger partial charge in [-0.15, -0.1) is 0 Å². The van der Waals surface area contributed by atoms with E-state index in [0.29, 0.717) is 18.4 Å². The number of ether oxygens (including phenoxy) is 2. The highest BCUT2D eigenvalue weighted by Gasteiger charge is 2.13. The van der Waals surface area contributed by atoms with Gasteiger partial charge in [-0.1, -0.05) is 27.7 Å². The normalized spacial score (nSPS) is 13.2. The van der Waals surface area contributed by atoms with E-state index >= 15 is 0 Å². The molecule has 0 aliphatic carbocycles. The lowest BCUT2D eigenvalue weighted by Crippen LogP contribution is -2.21. The van der Waals surface area contributed by atoms with Gasteiger partial charge in [-0.25, -0.2) is 4.79 Å². The Bertz CT molecular complexity index is 152. The van der Waals surface area contributed by atoms with Crippen LogP contribution >= 0.6 is 0 Å². The maximum atomic E-state index is 11.0. The predicted octanol–water partition coefficient (Wildman–Crippen LogP) is 2.84. The lowest BCUT2D eigenvalue weighted by atomic mass is 10.1. The fourth-order valence-corrected chi connectivity index (χ4v) is 0.557. The summed E-state index contributed by atoms with van der Waals surface area (Å²) < 4.78 is 9.86. The van der Waals surface area contributed by atoms with Crippen LogP contribution in [0.3, 0.4) is 0 Å². The quantitative estimate of drug-likeness (QED) is 0.636. The molecule has 0 spiro atoms. The second-order valence-electron chi connectivity index (χ2n) is 4.02. The van der Waals surface area contributed by atoms with E-state index in [0.717, 1.165) is 0 Å². The van der Waals surface area contributed by atoms with E-state index in [2.05, 4.69) is 0 Å². The number of rotatable bonds is 4. The number of carbonyl (C=O) groups excluding carboxylic acids is 1. The minimum absolute atomic E-state index is 0.0836. The average Bonchev–Trinajstić information content (AvgIpc) is 2.00. The minimum Gasteiger partial charge on any atom is -0.434 e. The molecular formula is C10H20O3. The van der Waals surface area contributed by atoms with Gasteiger partial charge in [0.1, 0.15) is 6.10 Å². The number of hydrogen-bond acceptors (Lipinski definition) is 3. The van der Waals surface area contributed by atoms with Gasteiger partial charge in [0, 0.05) is 0 Å². The van der Waals surface area contributed by atoms with Crippen LogP contribution in [0, 0.1) is 11.8 Å². The van der Waals surface area contributed by atoms with Crippen LogP contribution in [0.4, 0.5) is 4.79 Å². The lowest BCUT2D eigenvalue weighted by Gasteiger charge is -2.16. The van der Waals surface area contributed by atoms with Crippen molar-refractivity contribution in [2.75, 3.05) is 6.61 Å². The summed E-state index contributed by atoms with van der Waals surface area (Å²) in [6.07, 6.45) is -0.644. The van der Waals surface area contributed by atoms with Crippen LogP contribution in [0.2, 0.25) is 0 Å². The molecule has 0 aliphatic rings. The molecule has 3 nitrogen and oxygen atoms in total. The summed E-state index contributed by atoms with van der Waals surface area (Å²) in [5.74, 6) is 0.675. The van der Waals surface area contributed by atoms with Gasteiger partial charge < -0.3 is 9.47 Å².